The molecule has 0 bridgehead atoms. The molecule has 0 aliphatic rings. The van der Waals surface area contributed by atoms with Crippen molar-refractivity contribution in [2.45, 2.75) is 13.8 Å². The second-order valence-corrected chi connectivity index (χ2v) is 4.29. The number of hydrogen-bond donors (Lipinski definition) is 1. The van der Waals surface area contributed by atoms with Crippen LogP contribution in [-0.4, -0.2) is 27.2 Å². The van der Waals surface area contributed by atoms with Gasteiger partial charge in [-0.25, -0.2) is 9.48 Å². The lowest BCUT2D eigenvalue weighted by atomic mass is 10.2. The summed E-state index contributed by atoms with van der Waals surface area (Å²) in [5, 5.41) is 3.88. The van der Waals surface area contributed by atoms with Gasteiger partial charge in [0, 0.05) is 19.3 Å². The summed E-state index contributed by atoms with van der Waals surface area (Å²) in [5.41, 5.74) is 1.46. The van der Waals surface area contributed by atoms with E-state index in [1.807, 2.05) is 38.1 Å². The van der Waals surface area contributed by atoms with Crippen LogP contribution in [0.25, 0.3) is 0 Å². The van der Waals surface area contributed by atoms with Crippen LogP contribution in [0.4, 0.5) is 5.69 Å². The van der Waals surface area contributed by atoms with E-state index < -0.39 is 5.69 Å². The number of anilines is 1. The fourth-order valence-corrected chi connectivity index (χ4v) is 1.87. The number of aryl methyl sites for hydroxylation is 2. The first-order valence-corrected chi connectivity index (χ1v) is 6.04. The van der Waals surface area contributed by atoms with Crippen molar-refractivity contribution in [3.05, 3.63) is 46.1 Å². The summed E-state index contributed by atoms with van der Waals surface area (Å²) in [5.74, 6) is -0.262. The summed E-state index contributed by atoms with van der Waals surface area (Å²) in [6.45, 7) is 4.34. The first kappa shape index (κ1) is 13.1. The van der Waals surface area contributed by atoms with Crippen molar-refractivity contribution >= 4 is 11.6 Å². The molecule has 2 rings (SSSR count). The monoisotopic (exact) mass is 260 g/mol. The maximum Gasteiger partial charge on any atom is 0.343 e. The molecule has 0 aliphatic carbocycles. The summed E-state index contributed by atoms with van der Waals surface area (Å²) in [4.78, 5) is 27.7. The number of aromatic amines is 1. The normalized spacial score (nSPS) is 10.5. The molecule has 1 heterocycles. The fraction of sp³-hybridized carbons (Fsp3) is 0.308. The first-order valence-electron chi connectivity index (χ1n) is 6.04. The molecule has 100 valence electrons. The maximum absolute atomic E-state index is 12.3. The van der Waals surface area contributed by atoms with Crippen LogP contribution in [0.1, 0.15) is 23.1 Å². The highest BCUT2D eigenvalue weighted by atomic mass is 16.2. The van der Waals surface area contributed by atoms with Gasteiger partial charge in [-0.1, -0.05) is 12.1 Å². The molecule has 1 amide bonds. The molecule has 0 saturated carbocycles. The van der Waals surface area contributed by atoms with Gasteiger partial charge in [-0.05, 0) is 31.5 Å². The quantitative estimate of drug-likeness (QED) is 0.897. The largest absolute Gasteiger partial charge is 0.343 e. The van der Waals surface area contributed by atoms with E-state index in [-0.39, 0.29) is 11.7 Å². The van der Waals surface area contributed by atoms with Crippen LogP contribution in [0.3, 0.4) is 0 Å². The first-order chi connectivity index (χ1) is 9.02. The molecular weight excluding hydrogens is 244 g/mol. The number of rotatable bonds is 3. The van der Waals surface area contributed by atoms with Gasteiger partial charge in [0.1, 0.15) is 0 Å². The number of amides is 1. The summed E-state index contributed by atoms with van der Waals surface area (Å²) < 4.78 is 1.11. The molecule has 1 N–H and O–H groups in total. The lowest BCUT2D eigenvalue weighted by Crippen LogP contribution is -2.31. The van der Waals surface area contributed by atoms with E-state index in [2.05, 4.69) is 10.1 Å². The van der Waals surface area contributed by atoms with Gasteiger partial charge in [-0.3, -0.25) is 9.78 Å². The van der Waals surface area contributed by atoms with Crippen molar-refractivity contribution in [1.29, 1.82) is 0 Å². The van der Waals surface area contributed by atoms with Crippen molar-refractivity contribution < 1.29 is 4.79 Å². The highest BCUT2D eigenvalue weighted by Gasteiger charge is 2.20. The number of nitrogens with one attached hydrogen (secondary N) is 1. The number of carbonyl (C=O) groups is 1. The molecule has 2 aromatic rings. The summed E-state index contributed by atoms with van der Waals surface area (Å²) in [7, 11) is 1.50. The average molecular weight is 260 g/mol. The van der Waals surface area contributed by atoms with Gasteiger partial charge in [0.2, 0.25) is 5.82 Å². The number of carbonyl (C=O) groups excluding carboxylic acids is 1. The number of hydrogen-bond acceptors (Lipinski definition) is 3. The Morgan fingerprint density at radius 3 is 2.74 bits per heavy atom. The summed E-state index contributed by atoms with van der Waals surface area (Å²) in [6.07, 6.45) is 0. The van der Waals surface area contributed by atoms with Gasteiger partial charge in [-0.15, -0.1) is 5.10 Å². The molecule has 0 fully saturated rings. The van der Waals surface area contributed by atoms with Crippen LogP contribution in [0.2, 0.25) is 0 Å². The van der Waals surface area contributed by atoms with Crippen molar-refractivity contribution in [2.75, 3.05) is 11.4 Å². The highest BCUT2D eigenvalue weighted by molar-refractivity contribution is 6.03. The molecule has 0 aliphatic heterocycles. The summed E-state index contributed by atoms with van der Waals surface area (Å²) in [6, 6.07) is 7.63. The molecule has 0 unspecified atom stereocenters. The van der Waals surface area contributed by atoms with E-state index in [1.165, 1.54) is 7.05 Å². The highest BCUT2D eigenvalue weighted by Crippen LogP contribution is 2.17. The van der Waals surface area contributed by atoms with Gasteiger partial charge in [-0.2, -0.15) is 0 Å². The van der Waals surface area contributed by atoms with Gasteiger partial charge in [0.15, 0.2) is 0 Å². The Hall–Kier alpha value is -2.37. The lowest BCUT2D eigenvalue weighted by Gasteiger charge is -2.19. The second kappa shape index (κ2) is 5.09. The van der Waals surface area contributed by atoms with Gasteiger partial charge in [0.25, 0.3) is 5.91 Å². The smallest absolute Gasteiger partial charge is 0.306 e. The minimum Gasteiger partial charge on any atom is -0.306 e. The zero-order chi connectivity index (χ0) is 14.0. The zero-order valence-corrected chi connectivity index (χ0v) is 11.2. The molecule has 6 heteroatoms. The second-order valence-electron chi connectivity index (χ2n) is 4.29. The van der Waals surface area contributed by atoms with Gasteiger partial charge >= 0.3 is 5.69 Å². The molecule has 19 heavy (non-hydrogen) atoms. The van der Waals surface area contributed by atoms with Crippen molar-refractivity contribution in [3.8, 4) is 0 Å². The number of aromatic nitrogens is 3. The Labute approximate surface area is 110 Å². The van der Waals surface area contributed by atoms with Crippen molar-refractivity contribution in [1.82, 2.24) is 14.8 Å². The molecule has 0 radical (unpaired) electrons. The van der Waals surface area contributed by atoms with Crippen LogP contribution in [0.15, 0.2) is 29.1 Å². The third-order valence-corrected chi connectivity index (χ3v) is 2.85. The fourth-order valence-electron chi connectivity index (χ4n) is 1.87. The Morgan fingerprint density at radius 2 is 2.21 bits per heavy atom. The summed E-state index contributed by atoms with van der Waals surface area (Å²) >= 11 is 0. The van der Waals surface area contributed by atoms with E-state index in [1.54, 1.807) is 4.90 Å². The van der Waals surface area contributed by atoms with Crippen molar-refractivity contribution in [3.63, 3.8) is 0 Å². The average Bonchev–Trinajstić information content (AvgIpc) is 2.70. The van der Waals surface area contributed by atoms with E-state index >= 15 is 0 Å². The van der Waals surface area contributed by atoms with Crippen LogP contribution in [-0.2, 0) is 7.05 Å². The molecule has 1 aromatic heterocycles. The van der Waals surface area contributed by atoms with Crippen LogP contribution in [0.5, 0.6) is 0 Å². The van der Waals surface area contributed by atoms with E-state index in [0.29, 0.717) is 6.54 Å². The minimum atomic E-state index is -0.399. The SMILES string of the molecule is CCN(C(=O)c1nn(C)c(=O)[nH]1)c1cccc(C)c1. The van der Waals surface area contributed by atoms with Crippen LogP contribution < -0.4 is 10.6 Å². The Bertz CT molecular complexity index is 657. The topological polar surface area (TPSA) is 71.0 Å². The molecule has 6 nitrogen and oxygen atoms in total. The van der Waals surface area contributed by atoms with Gasteiger partial charge < -0.3 is 4.90 Å². The van der Waals surface area contributed by atoms with Gasteiger partial charge in [0.05, 0.1) is 0 Å². The van der Waals surface area contributed by atoms with Crippen molar-refractivity contribution in [2.24, 2.45) is 7.05 Å². The predicted octanol–water partition coefficient (Wildman–Crippen LogP) is 1.08. The molecule has 0 atom stereocenters. The molecule has 1 aromatic carbocycles. The zero-order valence-electron chi connectivity index (χ0n) is 11.2. The third kappa shape index (κ3) is 2.57. The van der Waals surface area contributed by atoms with E-state index in [9.17, 15) is 9.59 Å². The third-order valence-electron chi connectivity index (χ3n) is 2.85. The predicted molar refractivity (Wildman–Crippen MR) is 72.4 cm³/mol. The van der Waals surface area contributed by atoms with E-state index in [0.717, 1.165) is 15.9 Å². The molecular formula is C13H16N4O2. The van der Waals surface area contributed by atoms with E-state index in [4.69, 9.17) is 0 Å². The minimum absolute atomic E-state index is 0.0517. The Kier molecular flexibility index (Phi) is 3.50. The Morgan fingerprint density at radius 1 is 1.47 bits per heavy atom. The standard InChI is InChI=1S/C13H16N4O2/c1-4-17(10-7-5-6-9(2)8-10)12(18)11-14-13(19)16(3)15-11/h5-8H,4H2,1-3H3,(H,14,15,19). The Balaban J connectivity index is 2.37. The maximum atomic E-state index is 12.3. The number of nitrogens with zero attached hydrogens (tertiary/aromatic N) is 3. The number of benzene rings is 1. The van der Waals surface area contributed by atoms with Crippen LogP contribution in [0, 0.1) is 6.92 Å². The molecule has 0 saturated heterocycles. The molecule has 0 spiro atoms. The number of H-pyrrole nitrogens is 1. The van der Waals surface area contributed by atoms with Crippen LogP contribution >= 0.6 is 0 Å². The lowest BCUT2D eigenvalue weighted by molar-refractivity contribution is 0.0978.